The van der Waals surface area contributed by atoms with Crippen LogP contribution in [0.2, 0.25) is 0 Å². The molecular formula is C17H16N4OS2. The molecule has 7 heteroatoms. The van der Waals surface area contributed by atoms with Gasteiger partial charge in [-0.3, -0.25) is 4.79 Å². The van der Waals surface area contributed by atoms with Crippen LogP contribution < -0.4 is 10.6 Å². The number of thiazole rings is 1. The van der Waals surface area contributed by atoms with Crippen molar-refractivity contribution in [2.45, 2.75) is 11.8 Å². The summed E-state index contributed by atoms with van der Waals surface area (Å²) in [5.41, 5.74) is 2.05. The molecule has 0 saturated carbocycles. The van der Waals surface area contributed by atoms with Crippen LogP contribution in [0.4, 0.5) is 16.6 Å². The average molecular weight is 356 g/mol. The van der Waals surface area contributed by atoms with Gasteiger partial charge < -0.3 is 10.6 Å². The Kier molecular flexibility index (Phi) is 5.12. The number of carbonyl (C=O) groups excluding carboxylic acids is 1. The summed E-state index contributed by atoms with van der Waals surface area (Å²) in [6.45, 7) is 1.92. The van der Waals surface area contributed by atoms with Crippen molar-refractivity contribution in [2.24, 2.45) is 0 Å². The molecular weight excluding hydrogens is 340 g/mol. The maximum atomic E-state index is 12.3. The highest BCUT2D eigenvalue weighted by atomic mass is 32.2. The third-order valence-corrected chi connectivity index (χ3v) is 4.71. The van der Waals surface area contributed by atoms with E-state index in [4.69, 9.17) is 0 Å². The lowest BCUT2D eigenvalue weighted by molar-refractivity contribution is 0.102. The number of nitrogens with zero attached hydrogens (tertiary/aromatic N) is 2. The molecule has 2 heterocycles. The molecule has 3 rings (SSSR count). The Balaban J connectivity index is 1.66. The maximum absolute atomic E-state index is 12.3. The molecule has 0 saturated heterocycles. The van der Waals surface area contributed by atoms with Crippen LogP contribution in [0.15, 0.2) is 52.7 Å². The molecule has 0 fully saturated rings. The van der Waals surface area contributed by atoms with Crippen molar-refractivity contribution >= 4 is 45.6 Å². The number of anilines is 3. The molecule has 3 aromatic rings. The van der Waals surface area contributed by atoms with Gasteiger partial charge in [0.05, 0.1) is 0 Å². The zero-order valence-electron chi connectivity index (χ0n) is 13.2. The summed E-state index contributed by atoms with van der Waals surface area (Å²) in [5, 5.41) is 8.32. The number of aromatic nitrogens is 2. The molecule has 1 amide bonds. The quantitative estimate of drug-likeness (QED) is 0.656. The van der Waals surface area contributed by atoms with Gasteiger partial charge in [-0.15, -0.1) is 23.1 Å². The molecule has 122 valence electrons. The largest absolute Gasteiger partial charge is 0.321 e. The first-order valence-corrected chi connectivity index (χ1v) is 9.36. The number of hydrogen-bond acceptors (Lipinski definition) is 6. The highest BCUT2D eigenvalue weighted by Gasteiger charge is 2.11. The number of aryl methyl sites for hydroxylation is 1. The number of carbonyl (C=O) groups is 1. The first kappa shape index (κ1) is 16.5. The van der Waals surface area contributed by atoms with Crippen molar-refractivity contribution in [1.82, 2.24) is 9.97 Å². The molecule has 0 aliphatic carbocycles. The molecule has 0 bridgehead atoms. The summed E-state index contributed by atoms with van der Waals surface area (Å²) in [7, 11) is 0. The standard InChI is InChI=1S/C17H16N4OS2/c1-11-4-3-5-15(18-11)21-17-20-14(10-24-17)16(22)19-12-6-8-13(23-2)9-7-12/h3-10H,1-2H3,(H,19,22)(H,18,20,21). The van der Waals surface area contributed by atoms with Crippen LogP contribution in [0, 0.1) is 6.92 Å². The van der Waals surface area contributed by atoms with E-state index < -0.39 is 0 Å². The van der Waals surface area contributed by atoms with E-state index in [2.05, 4.69) is 20.6 Å². The lowest BCUT2D eigenvalue weighted by Gasteiger charge is -2.04. The maximum Gasteiger partial charge on any atom is 0.275 e. The summed E-state index contributed by atoms with van der Waals surface area (Å²) in [4.78, 5) is 22.1. The van der Waals surface area contributed by atoms with E-state index in [0.29, 0.717) is 16.6 Å². The summed E-state index contributed by atoms with van der Waals surface area (Å²) in [6.07, 6.45) is 2.01. The Morgan fingerprint density at radius 2 is 1.92 bits per heavy atom. The highest BCUT2D eigenvalue weighted by molar-refractivity contribution is 7.98. The predicted octanol–water partition coefficient (Wildman–Crippen LogP) is 4.56. The SMILES string of the molecule is CSc1ccc(NC(=O)c2csc(Nc3cccc(C)n3)n2)cc1. The number of nitrogens with one attached hydrogen (secondary N) is 2. The fraction of sp³-hybridized carbons (Fsp3) is 0.118. The first-order chi connectivity index (χ1) is 11.6. The van der Waals surface area contributed by atoms with E-state index in [1.54, 1.807) is 17.1 Å². The van der Waals surface area contributed by atoms with Crippen LogP contribution in [0.5, 0.6) is 0 Å². The molecule has 24 heavy (non-hydrogen) atoms. The lowest BCUT2D eigenvalue weighted by Crippen LogP contribution is -2.12. The van der Waals surface area contributed by atoms with Crippen LogP contribution >= 0.6 is 23.1 Å². The van der Waals surface area contributed by atoms with Gasteiger partial charge in [0.2, 0.25) is 0 Å². The molecule has 2 aromatic heterocycles. The summed E-state index contributed by atoms with van der Waals surface area (Å²) >= 11 is 3.03. The van der Waals surface area contributed by atoms with Gasteiger partial charge in [0.25, 0.3) is 5.91 Å². The minimum Gasteiger partial charge on any atom is -0.321 e. The van der Waals surface area contributed by atoms with Gasteiger partial charge in [-0.25, -0.2) is 9.97 Å². The van der Waals surface area contributed by atoms with E-state index in [-0.39, 0.29) is 5.91 Å². The van der Waals surface area contributed by atoms with Gasteiger partial charge >= 0.3 is 0 Å². The van der Waals surface area contributed by atoms with Crippen molar-refractivity contribution in [2.75, 3.05) is 16.9 Å². The van der Waals surface area contributed by atoms with E-state index in [0.717, 1.165) is 16.3 Å². The van der Waals surface area contributed by atoms with E-state index >= 15 is 0 Å². The molecule has 5 nitrogen and oxygen atoms in total. The first-order valence-electron chi connectivity index (χ1n) is 7.25. The van der Waals surface area contributed by atoms with Crippen molar-refractivity contribution in [1.29, 1.82) is 0 Å². The van der Waals surface area contributed by atoms with Gasteiger partial charge in [0.15, 0.2) is 5.13 Å². The molecule has 0 atom stereocenters. The number of rotatable bonds is 5. The normalized spacial score (nSPS) is 10.4. The third kappa shape index (κ3) is 4.12. The number of hydrogen-bond donors (Lipinski definition) is 2. The summed E-state index contributed by atoms with van der Waals surface area (Å²) in [6, 6.07) is 13.4. The second kappa shape index (κ2) is 7.46. The predicted molar refractivity (Wildman–Crippen MR) is 101 cm³/mol. The van der Waals surface area contributed by atoms with Gasteiger partial charge in [-0.1, -0.05) is 6.07 Å². The van der Waals surface area contributed by atoms with Crippen LogP contribution in [-0.2, 0) is 0 Å². The van der Waals surface area contributed by atoms with E-state index in [1.807, 2.05) is 55.6 Å². The van der Waals surface area contributed by atoms with E-state index in [1.165, 1.54) is 11.3 Å². The third-order valence-electron chi connectivity index (χ3n) is 3.21. The van der Waals surface area contributed by atoms with Gasteiger partial charge in [0, 0.05) is 21.7 Å². The molecule has 0 spiro atoms. The number of pyridine rings is 1. The molecule has 0 aliphatic rings. The van der Waals surface area contributed by atoms with Crippen molar-refractivity contribution in [3.8, 4) is 0 Å². The monoisotopic (exact) mass is 356 g/mol. The van der Waals surface area contributed by atoms with E-state index in [9.17, 15) is 4.79 Å². The Labute approximate surface area is 148 Å². The summed E-state index contributed by atoms with van der Waals surface area (Å²) < 4.78 is 0. The van der Waals surface area contributed by atoms with Crippen molar-refractivity contribution in [3.05, 3.63) is 59.2 Å². The fourth-order valence-corrected chi connectivity index (χ4v) is 3.13. The fourth-order valence-electron chi connectivity index (χ4n) is 2.03. The number of benzene rings is 1. The molecule has 1 aromatic carbocycles. The minimum atomic E-state index is -0.228. The minimum absolute atomic E-state index is 0.228. The lowest BCUT2D eigenvalue weighted by atomic mass is 10.3. The van der Waals surface area contributed by atoms with Gasteiger partial charge in [-0.05, 0) is 49.6 Å². The van der Waals surface area contributed by atoms with Crippen LogP contribution in [0.25, 0.3) is 0 Å². The summed E-state index contributed by atoms with van der Waals surface area (Å²) in [5.74, 6) is 0.484. The Bertz CT molecular complexity index is 846. The average Bonchev–Trinajstić information content (AvgIpc) is 3.04. The van der Waals surface area contributed by atoms with Crippen molar-refractivity contribution < 1.29 is 4.79 Å². The topological polar surface area (TPSA) is 66.9 Å². The molecule has 2 N–H and O–H groups in total. The van der Waals surface area contributed by atoms with Crippen molar-refractivity contribution in [3.63, 3.8) is 0 Å². The Morgan fingerprint density at radius 3 is 2.62 bits per heavy atom. The second-order valence-electron chi connectivity index (χ2n) is 5.01. The number of amides is 1. The number of thioether (sulfide) groups is 1. The smallest absolute Gasteiger partial charge is 0.275 e. The Hall–Kier alpha value is -2.38. The highest BCUT2D eigenvalue weighted by Crippen LogP contribution is 2.21. The Morgan fingerprint density at radius 1 is 1.12 bits per heavy atom. The molecule has 0 radical (unpaired) electrons. The molecule has 0 aliphatic heterocycles. The van der Waals surface area contributed by atoms with Gasteiger partial charge in [0.1, 0.15) is 11.5 Å². The van der Waals surface area contributed by atoms with Crippen LogP contribution in [0.1, 0.15) is 16.2 Å². The van der Waals surface area contributed by atoms with Crippen LogP contribution in [-0.4, -0.2) is 22.1 Å². The second-order valence-corrected chi connectivity index (χ2v) is 6.75. The molecule has 0 unspecified atom stereocenters. The zero-order valence-corrected chi connectivity index (χ0v) is 14.9. The van der Waals surface area contributed by atoms with Gasteiger partial charge in [-0.2, -0.15) is 0 Å². The van der Waals surface area contributed by atoms with Crippen LogP contribution in [0.3, 0.4) is 0 Å². The zero-order chi connectivity index (χ0) is 16.9.